The van der Waals surface area contributed by atoms with Gasteiger partial charge in [0.2, 0.25) is 0 Å². The summed E-state index contributed by atoms with van der Waals surface area (Å²) >= 11 is 1.64. The fraction of sp³-hybridized carbons (Fsp3) is 0.500. The molecule has 0 unspecified atom stereocenters. The number of nitrogens with one attached hydrogen (secondary N) is 1. The normalized spacial score (nSPS) is 15.2. The molecule has 1 aliphatic heterocycles. The third-order valence-corrected chi connectivity index (χ3v) is 6.04. The zero-order chi connectivity index (χ0) is 19.3. The maximum absolute atomic E-state index is 5.74. The lowest BCUT2D eigenvalue weighted by atomic mass is 10.3. The van der Waals surface area contributed by atoms with E-state index in [1.165, 1.54) is 0 Å². The number of morpholine rings is 1. The Labute approximate surface area is 169 Å². The molecule has 1 saturated heterocycles. The Balaban J connectivity index is 1.35. The number of rotatable bonds is 8. The zero-order valence-corrected chi connectivity index (χ0v) is 17.3. The molecule has 0 saturated carbocycles. The first-order valence-corrected chi connectivity index (χ1v) is 10.7. The lowest BCUT2D eigenvalue weighted by Crippen LogP contribution is -2.38. The minimum Gasteiger partial charge on any atom is -0.464 e. The van der Waals surface area contributed by atoms with Gasteiger partial charge in [-0.25, -0.2) is 4.98 Å². The first kappa shape index (κ1) is 19.2. The van der Waals surface area contributed by atoms with Gasteiger partial charge in [0.15, 0.2) is 5.13 Å². The molecular formula is C20H27N5O2S. The summed E-state index contributed by atoms with van der Waals surface area (Å²) in [6.07, 6.45) is 2.96. The maximum atomic E-state index is 5.74. The van der Waals surface area contributed by atoms with Crippen molar-refractivity contribution in [1.82, 2.24) is 19.7 Å². The van der Waals surface area contributed by atoms with Gasteiger partial charge in [-0.1, -0.05) is 18.3 Å². The molecule has 0 spiro atoms. The van der Waals surface area contributed by atoms with E-state index in [2.05, 4.69) is 34.4 Å². The average molecular weight is 402 g/mol. The van der Waals surface area contributed by atoms with Crippen LogP contribution in [0.4, 0.5) is 5.13 Å². The molecule has 0 aliphatic carbocycles. The quantitative estimate of drug-likeness (QED) is 0.624. The van der Waals surface area contributed by atoms with Gasteiger partial charge in [0.1, 0.15) is 17.2 Å². The molecule has 8 heteroatoms. The van der Waals surface area contributed by atoms with E-state index >= 15 is 0 Å². The first-order valence-electron chi connectivity index (χ1n) is 9.84. The van der Waals surface area contributed by atoms with Crippen LogP contribution in [0.5, 0.6) is 0 Å². The lowest BCUT2D eigenvalue weighted by Gasteiger charge is -2.26. The number of aryl methyl sites for hydroxylation is 2. The van der Waals surface area contributed by atoms with Gasteiger partial charge in [-0.15, -0.1) is 0 Å². The minimum absolute atomic E-state index is 0.639. The molecule has 0 amide bonds. The Bertz CT molecular complexity index is 894. The molecule has 28 heavy (non-hydrogen) atoms. The fourth-order valence-corrected chi connectivity index (χ4v) is 4.18. The SMILES string of the molecule is CCc1ccc(CNc2nc(C)c(-c3ccn(CCN4CCOCC4)n3)s2)o1. The van der Waals surface area contributed by atoms with Gasteiger partial charge in [-0.3, -0.25) is 9.58 Å². The fourth-order valence-electron chi connectivity index (χ4n) is 3.26. The number of thiazole rings is 1. The Morgan fingerprint density at radius 2 is 1.96 bits per heavy atom. The number of aromatic nitrogens is 3. The summed E-state index contributed by atoms with van der Waals surface area (Å²) in [7, 11) is 0. The van der Waals surface area contributed by atoms with Gasteiger partial charge in [0.25, 0.3) is 0 Å². The number of ether oxygens (including phenoxy) is 1. The molecule has 4 rings (SSSR count). The van der Waals surface area contributed by atoms with E-state index in [1.54, 1.807) is 11.3 Å². The van der Waals surface area contributed by atoms with E-state index < -0.39 is 0 Å². The van der Waals surface area contributed by atoms with E-state index in [0.717, 1.165) is 78.7 Å². The van der Waals surface area contributed by atoms with E-state index in [4.69, 9.17) is 14.3 Å². The summed E-state index contributed by atoms with van der Waals surface area (Å²) in [5.74, 6) is 1.94. The maximum Gasteiger partial charge on any atom is 0.183 e. The number of hydrogen-bond donors (Lipinski definition) is 1. The summed E-state index contributed by atoms with van der Waals surface area (Å²) in [6, 6.07) is 6.12. The third-order valence-electron chi connectivity index (χ3n) is 4.90. The summed E-state index contributed by atoms with van der Waals surface area (Å²) in [6.45, 7) is 10.3. The van der Waals surface area contributed by atoms with Crippen molar-refractivity contribution in [1.29, 1.82) is 0 Å². The Morgan fingerprint density at radius 1 is 1.14 bits per heavy atom. The Kier molecular flexibility index (Phi) is 6.09. The van der Waals surface area contributed by atoms with E-state index in [-0.39, 0.29) is 0 Å². The highest BCUT2D eigenvalue weighted by molar-refractivity contribution is 7.19. The van der Waals surface area contributed by atoms with Crippen LogP contribution in [0.15, 0.2) is 28.8 Å². The molecule has 1 fully saturated rings. The van der Waals surface area contributed by atoms with Crippen LogP contribution in [0, 0.1) is 6.92 Å². The molecular weight excluding hydrogens is 374 g/mol. The van der Waals surface area contributed by atoms with Crippen molar-refractivity contribution in [3.63, 3.8) is 0 Å². The largest absolute Gasteiger partial charge is 0.464 e. The summed E-state index contributed by atoms with van der Waals surface area (Å²) in [4.78, 5) is 8.18. The summed E-state index contributed by atoms with van der Waals surface area (Å²) in [5, 5.41) is 9.01. The van der Waals surface area contributed by atoms with Crippen molar-refractivity contribution in [2.75, 3.05) is 38.2 Å². The second kappa shape index (κ2) is 8.89. The van der Waals surface area contributed by atoms with Crippen LogP contribution in [0.25, 0.3) is 10.6 Å². The molecule has 0 bridgehead atoms. The number of nitrogens with zero attached hydrogens (tertiary/aromatic N) is 4. The van der Waals surface area contributed by atoms with E-state index in [1.807, 2.05) is 23.7 Å². The van der Waals surface area contributed by atoms with Crippen molar-refractivity contribution < 1.29 is 9.15 Å². The highest BCUT2D eigenvalue weighted by Crippen LogP contribution is 2.31. The zero-order valence-electron chi connectivity index (χ0n) is 16.5. The van der Waals surface area contributed by atoms with Crippen LogP contribution < -0.4 is 5.32 Å². The Hall–Kier alpha value is -2.16. The highest BCUT2D eigenvalue weighted by Gasteiger charge is 2.14. The lowest BCUT2D eigenvalue weighted by molar-refractivity contribution is 0.0360. The molecule has 150 valence electrons. The van der Waals surface area contributed by atoms with Gasteiger partial charge in [0.05, 0.1) is 36.9 Å². The highest BCUT2D eigenvalue weighted by atomic mass is 32.1. The molecule has 0 atom stereocenters. The molecule has 0 radical (unpaired) electrons. The van der Waals surface area contributed by atoms with Crippen LogP contribution in [0.3, 0.4) is 0 Å². The van der Waals surface area contributed by atoms with Gasteiger partial charge in [-0.05, 0) is 25.1 Å². The van der Waals surface area contributed by atoms with Crippen LogP contribution in [-0.4, -0.2) is 52.5 Å². The van der Waals surface area contributed by atoms with Crippen LogP contribution in [0.1, 0.15) is 24.1 Å². The minimum atomic E-state index is 0.639. The van der Waals surface area contributed by atoms with E-state index in [9.17, 15) is 0 Å². The average Bonchev–Trinajstić information content (AvgIpc) is 3.45. The van der Waals surface area contributed by atoms with Crippen molar-refractivity contribution in [3.05, 3.63) is 41.6 Å². The molecule has 3 aromatic heterocycles. The van der Waals surface area contributed by atoms with Gasteiger partial charge < -0.3 is 14.5 Å². The van der Waals surface area contributed by atoms with Crippen molar-refractivity contribution in [3.8, 4) is 10.6 Å². The second-order valence-corrected chi connectivity index (χ2v) is 7.93. The van der Waals surface area contributed by atoms with Gasteiger partial charge in [-0.2, -0.15) is 5.10 Å². The smallest absolute Gasteiger partial charge is 0.183 e. The van der Waals surface area contributed by atoms with Gasteiger partial charge in [0, 0.05) is 32.3 Å². The van der Waals surface area contributed by atoms with E-state index in [0.29, 0.717) is 6.54 Å². The molecule has 0 aromatic carbocycles. The molecule has 4 heterocycles. The second-order valence-electron chi connectivity index (χ2n) is 6.93. The third kappa shape index (κ3) is 4.63. The summed E-state index contributed by atoms with van der Waals surface area (Å²) < 4.78 is 13.2. The standard InChI is InChI=1S/C20H27N5O2S/c1-3-16-4-5-17(27-16)14-21-20-22-15(2)19(28-20)18-6-7-25(23-18)9-8-24-10-12-26-13-11-24/h4-7H,3,8-14H2,1-2H3,(H,21,22). The van der Waals surface area contributed by atoms with Crippen LogP contribution in [-0.2, 0) is 24.2 Å². The number of anilines is 1. The first-order chi connectivity index (χ1) is 13.7. The summed E-state index contributed by atoms with van der Waals surface area (Å²) in [5.41, 5.74) is 1.98. The van der Waals surface area contributed by atoms with Crippen molar-refractivity contribution in [2.24, 2.45) is 0 Å². The number of hydrogen-bond acceptors (Lipinski definition) is 7. The van der Waals surface area contributed by atoms with Crippen molar-refractivity contribution in [2.45, 2.75) is 33.4 Å². The Morgan fingerprint density at radius 3 is 2.75 bits per heavy atom. The predicted molar refractivity (Wildman–Crippen MR) is 111 cm³/mol. The molecule has 1 aliphatic rings. The van der Waals surface area contributed by atoms with Gasteiger partial charge >= 0.3 is 0 Å². The molecule has 7 nitrogen and oxygen atoms in total. The monoisotopic (exact) mass is 401 g/mol. The van der Waals surface area contributed by atoms with Crippen LogP contribution in [0.2, 0.25) is 0 Å². The topological polar surface area (TPSA) is 68.4 Å². The number of furan rings is 1. The van der Waals surface area contributed by atoms with Crippen LogP contribution >= 0.6 is 11.3 Å². The molecule has 1 N–H and O–H groups in total. The predicted octanol–water partition coefficient (Wildman–Crippen LogP) is 3.41. The van der Waals surface area contributed by atoms with Crippen molar-refractivity contribution >= 4 is 16.5 Å². The molecule has 3 aromatic rings.